The van der Waals surface area contributed by atoms with Crippen molar-refractivity contribution in [3.8, 4) is 0 Å². The molecule has 0 aliphatic rings. The summed E-state index contributed by atoms with van der Waals surface area (Å²) in [5.74, 6) is -1.47. The fourth-order valence-electron chi connectivity index (χ4n) is 1.25. The van der Waals surface area contributed by atoms with Gasteiger partial charge in [-0.1, -0.05) is 18.2 Å². The van der Waals surface area contributed by atoms with Crippen LogP contribution in [0.4, 0.5) is 5.69 Å². The maximum atomic E-state index is 11.3. The van der Waals surface area contributed by atoms with Gasteiger partial charge in [0.05, 0.1) is 7.11 Å². The Morgan fingerprint density at radius 2 is 2.00 bits per heavy atom. The van der Waals surface area contributed by atoms with Gasteiger partial charge in [-0.05, 0) is 18.6 Å². The third-order valence-corrected chi connectivity index (χ3v) is 2.17. The van der Waals surface area contributed by atoms with E-state index in [4.69, 9.17) is 5.73 Å². The fourth-order valence-corrected chi connectivity index (χ4v) is 1.25. The highest BCUT2D eigenvalue weighted by Gasteiger charge is 2.25. The van der Waals surface area contributed by atoms with Crippen molar-refractivity contribution in [3.63, 3.8) is 0 Å². The Kier molecular flexibility index (Phi) is 3.88. The lowest BCUT2D eigenvalue weighted by atomic mass is 10.1. The van der Waals surface area contributed by atoms with Crippen molar-refractivity contribution in [2.24, 2.45) is 5.73 Å². The number of methoxy groups -OCH3 is 1. The summed E-state index contributed by atoms with van der Waals surface area (Å²) >= 11 is 0. The number of rotatable bonds is 4. The van der Waals surface area contributed by atoms with Gasteiger partial charge >= 0.3 is 5.97 Å². The molecule has 0 aliphatic heterocycles. The van der Waals surface area contributed by atoms with Crippen LogP contribution in [0.25, 0.3) is 0 Å². The lowest BCUT2D eigenvalue weighted by molar-refractivity contribution is -0.144. The van der Waals surface area contributed by atoms with Gasteiger partial charge in [0.15, 0.2) is 0 Å². The lowest BCUT2D eigenvalue weighted by Gasteiger charge is -2.15. The molecular weight excluding hydrogens is 208 g/mol. The van der Waals surface area contributed by atoms with Crippen molar-refractivity contribution in [1.82, 2.24) is 0 Å². The Bertz CT molecular complexity index is 404. The van der Waals surface area contributed by atoms with Gasteiger partial charge in [-0.3, -0.25) is 4.79 Å². The van der Waals surface area contributed by atoms with E-state index in [1.807, 2.05) is 19.1 Å². The summed E-state index contributed by atoms with van der Waals surface area (Å²) in [6.45, 7) is 1.86. The van der Waals surface area contributed by atoms with Crippen LogP contribution >= 0.6 is 0 Å². The zero-order valence-corrected chi connectivity index (χ0v) is 9.19. The number of benzene rings is 1. The number of anilines is 1. The highest BCUT2D eigenvalue weighted by atomic mass is 16.5. The van der Waals surface area contributed by atoms with Gasteiger partial charge in [-0.2, -0.15) is 0 Å². The van der Waals surface area contributed by atoms with E-state index in [-0.39, 0.29) is 0 Å². The van der Waals surface area contributed by atoms with E-state index in [9.17, 15) is 9.59 Å². The normalized spacial score (nSPS) is 11.6. The molecule has 1 unspecified atom stereocenters. The molecule has 0 fully saturated rings. The number of hydrogen-bond acceptors (Lipinski definition) is 4. The Hall–Kier alpha value is -2.04. The standard InChI is InChI=1S/C11H14N2O3/c1-7-5-3-4-6-8(7)13-9(10(12)14)11(15)16-2/h3-6,9,13H,1-2H3,(H2,12,14). The molecule has 5 heteroatoms. The molecule has 1 aromatic rings. The zero-order valence-electron chi connectivity index (χ0n) is 9.19. The molecule has 0 saturated heterocycles. The maximum Gasteiger partial charge on any atom is 0.338 e. The Labute approximate surface area is 93.6 Å². The van der Waals surface area contributed by atoms with Gasteiger partial charge in [0.25, 0.3) is 5.91 Å². The second kappa shape index (κ2) is 5.16. The van der Waals surface area contributed by atoms with Crippen LogP contribution in [0.2, 0.25) is 0 Å². The summed E-state index contributed by atoms with van der Waals surface area (Å²) in [7, 11) is 1.21. The van der Waals surface area contributed by atoms with Crippen LogP contribution in [-0.2, 0) is 14.3 Å². The van der Waals surface area contributed by atoms with Crippen LogP contribution in [0.15, 0.2) is 24.3 Å². The molecule has 0 radical (unpaired) electrons. The summed E-state index contributed by atoms with van der Waals surface area (Å²) in [6, 6.07) is 6.11. The first-order valence-electron chi connectivity index (χ1n) is 4.75. The highest BCUT2D eigenvalue weighted by molar-refractivity contribution is 6.03. The quantitative estimate of drug-likeness (QED) is 0.572. The number of aryl methyl sites for hydroxylation is 1. The second-order valence-corrected chi connectivity index (χ2v) is 3.32. The number of primary amides is 1. The van der Waals surface area contributed by atoms with Crippen molar-refractivity contribution >= 4 is 17.6 Å². The van der Waals surface area contributed by atoms with Gasteiger partial charge in [0.2, 0.25) is 6.04 Å². The summed E-state index contributed by atoms with van der Waals surface area (Å²) < 4.78 is 4.48. The minimum absolute atomic E-state index is 0.678. The molecule has 5 nitrogen and oxygen atoms in total. The van der Waals surface area contributed by atoms with Gasteiger partial charge in [0.1, 0.15) is 0 Å². The number of ether oxygens (including phenoxy) is 1. The average Bonchev–Trinajstić information content (AvgIpc) is 2.26. The molecule has 0 spiro atoms. The van der Waals surface area contributed by atoms with E-state index in [2.05, 4.69) is 10.1 Å². The van der Waals surface area contributed by atoms with E-state index in [0.717, 1.165) is 5.56 Å². The van der Waals surface area contributed by atoms with Crippen LogP contribution in [0.5, 0.6) is 0 Å². The molecule has 0 bridgehead atoms. The Balaban J connectivity index is 2.88. The molecule has 1 aromatic carbocycles. The van der Waals surface area contributed by atoms with E-state index >= 15 is 0 Å². The third-order valence-electron chi connectivity index (χ3n) is 2.17. The first-order valence-corrected chi connectivity index (χ1v) is 4.75. The van der Waals surface area contributed by atoms with Gasteiger partial charge < -0.3 is 15.8 Å². The van der Waals surface area contributed by atoms with E-state index in [1.54, 1.807) is 12.1 Å². The van der Waals surface area contributed by atoms with Gasteiger partial charge in [0, 0.05) is 5.69 Å². The largest absolute Gasteiger partial charge is 0.467 e. The number of para-hydroxylation sites is 1. The molecule has 16 heavy (non-hydrogen) atoms. The van der Waals surface area contributed by atoms with Gasteiger partial charge in [-0.25, -0.2) is 4.79 Å². The highest BCUT2D eigenvalue weighted by Crippen LogP contribution is 2.14. The lowest BCUT2D eigenvalue weighted by Crippen LogP contribution is -2.42. The average molecular weight is 222 g/mol. The number of nitrogens with two attached hydrogens (primary N) is 1. The van der Waals surface area contributed by atoms with E-state index in [1.165, 1.54) is 7.11 Å². The number of hydrogen-bond donors (Lipinski definition) is 2. The Morgan fingerprint density at radius 3 is 2.50 bits per heavy atom. The van der Waals surface area contributed by atoms with Crippen LogP contribution < -0.4 is 11.1 Å². The van der Waals surface area contributed by atoms with Crippen molar-refractivity contribution in [2.45, 2.75) is 13.0 Å². The molecule has 1 atom stereocenters. The van der Waals surface area contributed by atoms with Crippen molar-refractivity contribution in [1.29, 1.82) is 0 Å². The van der Waals surface area contributed by atoms with Crippen molar-refractivity contribution in [3.05, 3.63) is 29.8 Å². The molecule has 1 amide bonds. The van der Waals surface area contributed by atoms with Crippen molar-refractivity contribution in [2.75, 3.05) is 12.4 Å². The number of nitrogens with one attached hydrogen (secondary N) is 1. The summed E-state index contributed by atoms with van der Waals surface area (Å²) in [4.78, 5) is 22.4. The van der Waals surface area contributed by atoms with Crippen LogP contribution in [0, 0.1) is 6.92 Å². The topological polar surface area (TPSA) is 81.4 Å². The molecule has 3 N–H and O–H groups in total. The third kappa shape index (κ3) is 2.73. The summed E-state index contributed by atoms with van der Waals surface area (Å²) in [5.41, 5.74) is 6.70. The first-order chi connectivity index (χ1) is 7.56. The van der Waals surface area contributed by atoms with Crippen LogP contribution in [-0.4, -0.2) is 25.0 Å². The molecule has 0 aliphatic carbocycles. The second-order valence-electron chi connectivity index (χ2n) is 3.32. The number of carbonyl (C=O) groups is 2. The SMILES string of the molecule is COC(=O)C(Nc1ccccc1C)C(N)=O. The van der Waals surface area contributed by atoms with Crippen molar-refractivity contribution < 1.29 is 14.3 Å². The van der Waals surface area contributed by atoms with Gasteiger partial charge in [-0.15, -0.1) is 0 Å². The summed E-state index contributed by atoms with van der Waals surface area (Å²) in [6.07, 6.45) is 0. The minimum atomic E-state index is -1.16. The maximum absolute atomic E-state index is 11.3. The first kappa shape index (κ1) is 12.0. The number of carbonyl (C=O) groups excluding carboxylic acids is 2. The minimum Gasteiger partial charge on any atom is -0.467 e. The molecule has 0 saturated carbocycles. The predicted molar refractivity (Wildman–Crippen MR) is 59.8 cm³/mol. The molecule has 0 heterocycles. The van der Waals surface area contributed by atoms with Crippen LogP contribution in [0.1, 0.15) is 5.56 Å². The monoisotopic (exact) mass is 222 g/mol. The van der Waals surface area contributed by atoms with Crippen LogP contribution in [0.3, 0.4) is 0 Å². The predicted octanol–water partition coefficient (Wildman–Crippen LogP) is 0.434. The summed E-state index contributed by atoms with van der Waals surface area (Å²) in [5, 5.41) is 2.75. The number of esters is 1. The van der Waals surface area contributed by atoms with E-state index in [0.29, 0.717) is 5.69 Å². The molecule has 1 rings (SSSR count). The zero-order chi connectivity index (χ0) is 12.1. The Morgan fingerprint density at radius 1 is 1.38 bits per heavy atom. The molecule has 0 aromatic heterocycles. The fraction of sp³-hybridized carbons (Fsp3) is 0.273. The molecule has 86 valence electrons. The number of amides is 1. The smallest absolute Gasteiger partial charge is 0.338 e. The molecular formula is C11H14N2O3. The van der Waals surface area contributed by atoms with E-state index < -0.39 is 17.9 Å².